The predicted molar refractivity (Wildman–Crippen MR) is 148 cm³/mol. The van der Waals surface area contributed by atoms with E-state index in [1.54, 1.807) is 0 Å². The average Bonchev–Trinajstić information content (AvgIpc) is 2.82. The largest absolute Gasteiger partial charge is 0.494 e. The molecular weight excluding hydrogens is 414 g/mol. The highest BCUT2D eigenvalue weighted by Crippen LogP contribution is 2.36. The Morgan fingerprint density at radius 3 is 1.76 bits per heavy atom. The molecule has 0 heterocycles. The molecule has 5 rings (SSSR count). The third-order valence-corrected chi connectivity index (χ3v) is 7.11. The van der Waals surface area contributed by atoms with Gasteiger partial charge in [0.15, 0.2) is 0 Å². The summed E-state index contributed by atoms with van der Waals surface area (Å²) in [6.45, 7) is 9.49. The van der Waals surface area contributed by atoms with Crippen LogP contribution in [0.3, 0.4) is 0 Å². The maximum Gasteiger partial charge on any atom is 0.120 e. The van der Waals surface area contributed by atoms with E-state index < -0.39 is 0 Å². The summed E-state index contributed by atoms with van der Waals surface area (Å²) in [7, 11) is 0. The molecular formula is C32H35NO. The first-order chi connectivity index (χ1) is 16.4. The number of aryl methyl sites for hydroxylation is 1. The normalized spacial score (nSPS) is 12.1. The first-order valence-electron chi connectivity index (χ1n) is 12.6. The van der Waals surface area contributed by atoms with Gasteiger partial charge in [-0.05, 0) is 92.2 Å². The second-order valence-corrected chi connectivity index (χ2v) is 10.3. The van der Waals surface area contributed by atoms with E-state index >= 15 is 0 Å². The third-order valence-electron chi connectivity index (χ3n) is 7.11. The van der Waals surface area contributed by atoms with Gasteiger partial charge >= 0.3 is 0 Å². The summed E-state index contributed by atoms with van der Waals surface area (Å²) in [6.07, 6.45) is 3.20. The van der Waals surface area contributed by atoms with Gasteiger partial charge in [-0.25, -0.2) is 0 Å². The summed E-state index contributed by atoms with van der Waals surface area (Å²) in [5, 5.41) is 8.12. The van der Waals surface area contributed by atoms with Crippen molar-refractivity contribution in [3.05, 3.63) is 83.4 Å². The lowest BCUT2D eigenvalue weighted by Gasteiger charge is -2.19. The molecule has 0 spiro atoms. The molecule has 2 heteroatoms. The van der Waals surface area contributed by atoms with Crippen molar-refractivity contribution in [1.29, 1.82) is 0 Å². The monoisotopic (exact) mass is 449 g/mol. The number of unbranched alkanes of at least 4 members (excludes halogenated alkanes) is 1. The molecule has 0 saturated heterocycles. The molecule has 174 valence electrons. The van der Waals surface area contributed by atoms with Crippen LogP contribution < -0.4 is 10.5 Å². The SMILES string of the molecule is CC(C)c1cc(OCCCCc2cc3ccc4cccc5ccc(c2)c3c45)cc(C(C)C)c1N. The average molecular weight is 450 g/mol. The molecule has 0 bridgehead atoms. The van der Waals surface area contributed by atoms with Gasteiger partial charge < -0.3 is 10.5 Å². The number of nitrogen functional groups attached to an aromatic ring is 1. The number of ether oxygens (including phenoxy) is 1. The fourth-order valence-corrected chi connectivity index (χ4v) is 5.29. The van der Waals surface area contributed by atoms with Crippen molar-refractivity contribution >= 4 is 38.0 Å². The summed E-state index contributed by atoms with van der Waals surface area (Å²) in [5.74, 6) is 1.72. The summed E-state index contributed by atoms with van der Waals surface area (Å²) >= 11 is 0. The number of benzene rings is 5. The molecule has 0 atom stereocenters. The minimum Gasteiger partial charge on any atom is -0.494 e. The minimum atomic E-state index is 0.386. The number of anilines is 1. The van der Waals surface area contributed by atoms with E-state index in [0.717, 1.165) is 37.3 Å². The van der Waals surface area contributed by atoms with Crippen LogP contribution in [0.15, 0.2) is 66.7 Å². The molecule has 5 aromatic carbocycles. The molecule has 2 N–H and O–H groups in total. The van der Waals surface area contributed by atoms with E-state index in [1.165, 1.54) is 49.0 Å². The molecule has 0 aromatic heterocycles. The second-order valence-electron chi connectivity index (χ2n) is 10.3. The van der Waals surface area contributed by atoms with Crippen LogP contribution in [0.2, 0.25) is 0 Å². The summed E-state index contributed by atoms with van der Waals surface area (Å²) < 4.78 is 6.18. The molecule has 0 saturated carbocycles. The number of hydrogen-bond acceptors (Lipinski definition) is 2. The van der Waals surface area contributed by atoms with E-state index in [4.69, 9.17) is 10.5 Å². The molecule has 0 fully saturated rings. The second kappa shape index (κ2) is 9.18. The van der Waals surface area contributed by atoms with E-state index in [0.29, 0.717) is 11.8 Å². The Kier molecular flexibility index (Phi) is 6.08. The van der Waals surface area contributed by atoms with Crippen LogP contribution >= 0.6 is 0 Å². The lowest BCUT2D eigenvalue weighted by Crippen LogP contribution is -2.06. The highest BCUT2D eigenvalue weighted by molar-refractivity contribution is 6.23. The Morgan fingerprint density at radius 2 is 1.21 bits per heavy atom. The lowest BCUT2D eigenvalue weighted by molar-refractivity contribution is 0.306. The van der Waals surface area contributed by atoms with Crippen molar-refractivity contribution in [2.75, 3.05) is 12.3 Å². The van der Waals surface area contributed by atoms with Gasteiger partial charge in [-0.1, -0.05) is 82.3 Å². The van der Waals surface area contributed by atoms with Crippen LogP contribution in [-0.4, -0.2) is 6.61 Å². The Hall–Kier alpha value is -3.26. The van der Waals surface area contributed by atoms with Gasteiger partial charge in [0, 0.05) is 5.69 Å². The van der Waals surface area contributed by atoms with Gasteiger partial charge in [0.05, 0.1) is 6.61 Å². The first kappa shape index (κ1) is 22.5. The maximum absolute atomic E-state index is 6.43. The molecule has 0 radical (unpaired) electrons. The van der Waals surface area contributed by atoms with Gasteiger partial charge in [0.2, 0.25) is 0 Å². The van der Waals surface area contributed by atoms with Gasteiger partial charge in [0.1, 0.15) is 5.75 Å². The van der Waals surface area contributed by atoms with Gasteiger partial charge in [-0.3, -0.25) is 0 Å². The Morgan fingerprint density at radius 1 is 0.676 bits per heavy atom. The number of rotatable bonds is 8. The molecule has 0 unspecified atom stereocenters. The standard InChI is InChI=1S/C32H35NO/c1-20(2)28-18-27(19-29(21(3)4)32(28)33)34-15-6-5-8-22-16-25-13-11-23-9-7-10-24-12-14-26(17-22)31(25)30(23)24/h7,9-14,16-21H,5-6,8,15,33H2,1-4H3. The maximum atomic E-state index is 6.43. The molecule has 0 aliphatic heterocycles. The fourth-order valence-electron chi connectivity index (χ4n) is 5.29. The molecule has 5 aromatic rings. The Balaban J connectivity index is 1.26. The summed E-state index contributed by atoms with van der Waals surface area (Å²) in [6, 6.07) is 24.6. The highest BCUT2D eigenvalue weighted by Gasteiger charge is 2.14. The van der Waals surface area contributed by atoms with Crippen LogP contribution in [0, 0.1) is 0 Å². The van der Waals surface area contributed by atoms with Crippen LogP contribution in [0.5, 0.6) is 5.75 Å². The zero-order valence-electron chi connectivity index (χ0n) is 20.8. The van der Waals surface area contributed by atoms with Crippen molar-refractivity contribution in [3.8, 4) is 5.75 Å². The van der Waals surface area contributed by atoms with Crippen molar-refractivity contribution in [2.45, 2.75) is 58.8 Å². The van der Waals surface area contributed by atoms with Gasteiger partial charge in [-0.15, -0.1) is 0 Å². The van der Waals surface area contributed by atoms with Crippen molar-refractivity contribution in [3.63, 3.8) is 0 Å². The zero-order valence-corrected chi connectivity index (χ0v) is 20.8. The van der Waals surface area contributed by atoms with Crippen molar-refractivity contribution in [1.82, 2.24) is 0 Å². The van der Waals surface area contributed by atoms with E-state index in [9.17, 15) is 0 Å². The zero-order chi connectivity index (χ0) is 23.8. The molecule has 0 aliphatic carbocycles. The van der Waals surface area contributed by atoms with Crippen LogP contribution in [0.25, 0.3) is 32.3 Å². The Labute approximate surface area is 203 Å². The number of hydrogen-bond donors (Lipinski definition) is 1. The van der Waals surface area contributed by atoms with E-state index in [2.05, 4.69) is 94.4 Å². The summed E-state index contributed by atoms with van der Waals surface area (Å²) in [5.41, 5.74) is 11.1. The van der Waals surface area contributed by atoms with E-state index in [-0.39, 0.29) is 0 Å². The summed E-state index contributed by atoms with van der Waals surface area (Å²) in [4.78, 5) is 0. The highest BCUT2D eigenvalue weighted by atomic mass is 16.5. The van der Waals surface area contributed by atoms with Crippen molar-refractivity contribution < 1.29 is 4.74 Å². The topological polar surface area (TPSA) is 35.2 Å². The van der Waals surface area contributed by atoms with Crippen LogP contribution in [-0.2, 0) is 6.42 Å². The molecule has 0 amide bonds. The number of nitrogens with two attached hydrogens (primary N) is 1. The molecule has 2 nitrogen and oxygen atoms in total. The quantitative estimate of drug-likeness (QED) is 0.146. The smallest absolute Gasteiger partial charge is 0.120 e. The van der Waals surface area contributed by atoms with Gasteiger partial charge in [0.25, 0.3) is 0 Å². The van der Waals surface area contributed by atoms with Gasteiger partial charge in [-0.2, -0.15) is 0 Å². The van der Waals surface area contributed by atoms with Crippen molar-refractivity contribution in [2.24, 2.45) is 0 Å². The third kappa shape index (κ3) is 4.18. The minimum absolute atomic E-state index is 0.386. The Bertz CT molecular complexity index is 1350. The van der Waals surface area contributed by atoms with Crippen LogP contribution in [0.1, 0.15) is 69.1 Å². The lowest BCUT2D eigenvalue weighted by atomic mass is 9.92. The van der Waals surface area contributed by atoms with Crippen LogP contribution in [0.4, 0.5) is 5.69 Å². The first-order valence-corrected chi connectivity index (χ1v) is 12.6. The fraction of sp³-hybridized carbons (Fsp3) is 0.312. The van der Waals surface area contributed by atoms with E-state index in [1.807, 2.05) is 0 Å². The molecule has 34 heavy (non-hydrogen) atoms. The molecule has 0 aliphatic rings. The predicted octanol–water partition coefficient (Wildman–Crippen LogP) is 8.81.